The van der Waals surface area contributed by atoms with Crippen molar-refractivity contribution in [3.63, 3.8) is 0 Å². The standard InChI is InChI=1S/C12H12ClNO4S/c1-3-6-14(8-12(15)16)19(17,18)11-7-10(13)5-4-9(11)2/h1,4-5,7H,6,8H2,2H3,(H,15,16). The van der Waals surface area contributed by atoms with Crippen molar-refractivity contribution in [3.05, 3.63) is 28.8 Å². The Hall–Kier alpha value is -1.55. The summed E-state index contributed by atoms with van der Waals surface area (Å²) in [5.41, 5.74) is 0.469. The Balaban J connectivity index is 3.30. The molecule has 0 bridgehead atoms. The molecule has 0 aromatic heterocycles. The van der Waals surface area contributed by atoms with Crippen molar-refractivity contribution in [2.45, 2.75) is 11.8 Å². The zero-order valence-electron chi connectivity index (χ0n) is 10.1. The Kier molecular flexibility index (Phi) is 4.95. The number of hydrogen-bond donors (Lipinski definition) is 1. The minimum atomic E-state index is -3.99. The van der Waals surface area contributed by atoms with E-state index in [0.29, 0.717) is 9.87 Å². The first kappa shape index (κ1) is 15.5. The molecule has 0 unspecified atom stereocenters. The van der Waals surface area contributed by atoms with Crippen LogP contribution in [0.3, 0.4) is 0 Å². The van der Waals surface area contributed by atoms with E-state index in [1.807, 2.05) is 0 Å². The maximum Gasteiger partial charge on any atom is 0.318 e. The first-order valence-electron chi connectivity index (χ1n) is 5.20. The van der Waals surface area contributed by atoms with Crippen LogP contribution in [0.1, 0.15) is 5.56 Å². The summed E-state index contributed by atoms with van der Waals surface area (Å²) >= 11 is 5.77. The van der Waals surface area contributed by atoms with Crippen molar-refractivity contribution in [2.24, 2.45) is 0 Å². The molecule has 0 aliphatic rings. The summed E-state index contributed by atoms with van der Waals surface area (Å²) in [6, 6.07) is 4.38. The van der Waals surface area contributed by atoms with Gasteiger partial charge in [-0.15, -0.1) is 6.42 Å². The van der Waals surface area contributed by atoms with Crippen LogP contribution in [0, 0.1) is 19.3 Å². The lowest BCUT2D eigenvalue weighted by Gasteiger charge is -2.19. The summed E-state index contributed by atoms with van der Waals surface area (Å²) in [7, 11) is -3.99. The number of halogens is 1. The van der Waals surface area contributed by atoms with E-state index < -0.39 is 22.5 Å². The van der Waals surface area contributed by atoms with Gasteiger partial charge >= 0.3 is 5.97 Å². The van der Waals surface area contributed by atoms with Gasteiger partial charge in [0.2, 0.25) is 10.0 Å². The van der Waals surface area contributed by atoms with Gasteiger partial charge in [-0.3, -0.25) is 4.79 Å². The fourth-order valence-corrected chi connectivity index (χ4v) is 3.26. The Morgan fingerprint density at radius 1 is 1.53 bits per heavy atom. The molecule has 0 saturated heterocycles. The lowest BCUT2D eigenvalue weighted by atomic mass is 10.2. The number of carboxylic acid groups (broad SMARTS) is 1. The highest BCUT2D eigenvalue weighted by atomic mass is 35.5. The molecule has 19 heavy (non-hydrogen) atoms. The van der Waals surface area contributed by atoms with Gasteiger partial charge in [0.25, 0.3) is 0 Å². The largest absolute Gasteiger partial charge is 0.480 e. The van der Waals surface area contributed by atoms with Crippen LogP contribution in [0.2, 0.25) is 5.02 Å². The van der Waals surface area contributed by atoms with Crippen LogP contribution in [0.4, 0.5) is 0 Å². The molecule has 1 N–H and O–H groups in total. The third-order valence-corrected chi connectivity index (χ3v) is 4.52. The van der Waals surface area contributed by atoms with Crippen molar-refractivity contribution < 1.29 is 18.3 Å². The number of terminal acetylenes is 1. The average Bonchev–Trinajstić information content (AvgIpc) is 2.31. The molecule has 0 aliphatic heterocycles. The van der Waals surface area contributed by atoms with E-state index in [9.17, 15) is 13.2 Å². The summed E-state index contributed by atoms with van der Waals surface area (Å²) in [6.45, 7) is 0.580. The number of nitrogens with zero attached hydrogens (tertiary/aromatic N) is 1. The molecule has 0 spiro atoms. The summed E-state index contributed by atoms with van der Waals surface area (Å²) in [5, 5.41) is 8.99. The molecule has 0 aliphatic carbocycles. The van der Waals surface area contributed by atoms with E-state index in [1.54, 1.807) is 19.1 Å². The molecule has 5 nitrogen and oxygen atoms in total. The molecule has 0 radical (unpaired) electrons. The minimum Gasteiger partial charge on any atom is -0.480 e. The van der Waals surface area contributed by atoms with Crippen molar-refractivity contribution in [1.29, 1.82) is 0 Å². The van der Waals surface area contributed by atoms with Crippen LogP contribution in [-0.4, -0.2) is 36.9 Å². The Labute approximate surface area is 116 Å². The molecule has 1 aromatic carbocycles. The highest BCUT2D eigenvalue weighted by Gasteiger charge is 2.27. The average molecular weight is 302 g/mol. The number of hydrogen-bond acceptors (Lipinski definition) is 3. The SMILES string of the molecule is C#CCN(CC(=O)O)S(=O)(=O)c1cc(Cl)ccc1C. The van der Waals surface area contributed by atoms with Gasteiger partial charge in [-0.25, -0.2) is 8.42 Å². The van der Waals surface area contributed by atoms with Gasteiger partial charge in [-0.2, -0.15) is 4.31 Å². The van der Waals surface area contributed by atoms with Gasteiger partial charge in [0.15, 0.2) is 0 Å². The van der Waals surface area contributed by atoms with E-state index in [-0.39, 0.29) is 16.5 Å². The third kappa shape index (κ3) is 3.70. The van der Waals surface area contributed by atoms with E-state index >= 15 is 0 Å². The highest BCUT2D eigenvalue weighted by molar-refractivity contribution is 7.89. The third-order valence-electron chi connectivity index (χ3n) is 2.35. The topological polar surface area (TPSA) is 74.7 Å². The summed E-state index contributed by atoms with van der Waals surface area (Å²) in [5.74, 6) is 0.854. The lowest BCUT2D eigenvalue weighted by molar-refractivity contribution is -0.137. The lowest BCUT2D eigenvalue weighted by Crippen LogP contribution is -2.36. The molecule has 0 amide bonds. The second kappa shape index (κ2) is 6.06. The van der Waals surface area contributed by atoms with Crippen LogP contribution >= 0.6 is 11.6 Å². The van der Waals surface area contributed by atoms with E-state index in [0.717, 1.165) is 0 Å². The first-order valence-corrected chi connectivity index (χ1v) is 7.02. The van der Waals surface area contributed by atoms with Gasteiger partial charge in [-0.1, -0.05) is 23.6 Å². The zero-order chi connectivity index (χ0) is 14.6. The van der Waals surface area contributed by atoms with Crippen LogP contribution in [-0.2, 0) is 14.8 Å². The van der Waals surface area contributed by atoms with Gasteiger partial charge < -0.3 is 5.11 Å². The van der Waals surface area contributed by atoms with Crippen molar-refractivity contribution in [1.82, 2.24) is 4.31 Å². The molecular weight excluding hydrogens is 290 g/mol. The van der Waals surface area contributed by atoms with Crippen molar-refractivity contribution >= 4 is 27.6 Å². The molecule has 1 rings (SSSR count). The molecule has 7 heteroatoms. The van der Waals surface area contributed by atoms with Crippen molar-refractivity contribution in [3.8, 4) is 12.3 Å². The normalized spacial score (nSPS) is 11.3. The number of benzene rings is 1. The quantitative estimate of drug-likeness (QED) is 0.833. The second-order valence-electron chi connectivity index (χ2n) is 3.78. The number of sulfonamides is 1. The maximum atomic E-state index is 12.3. The highest BCUT2D eigenvalue weighted by Crippen LogP contribution is 2.23. The monoisotopic (exact) mass is 301 g/mol. The van der Waals surface area contributed by atoms with Gasteiger partial charge in [0.1, 0.15) is 6.54 Å². The van der Waals surface area contributed by atoms with Crippen LogP contribution in [0.15, 0.2) is 23.1 Å². The summed E-state index contributed by atoms with van der Waals surface area (Å²) in [6.07, 6.45) is 5.07. The fraction of sp³-hybridized carbons (Fsp3) is 0.250. The number of carbonyl (C=O) groups is 1. The molecule has 102 valence electrons. The van der Waals surface area contributed by atoms with E-state index in [4.69, 9.17) is 23.1 Å². The van der Waals surface area contributed by atoms with Crippen LogP contribution in [0.25, 0.3) is 0 Å². The predicted molar refractivity (Wildman–Crippen MR) is 71.4 cm³/mol. The maximum absolute atomic E-state index is 12.3. The number of aryl methyl sites for hydroxylation is 1. The Morgan fingerprint density at radius 3 is 2.68 bits per heavy atom. The fourth-order valence-electron chi connectivity index (χ4n) is 1.47. The van der Waals surface area contributed by atoms with Crippen LogP contribution < -0.4 is 0 Å². The number of carboxylic acids is 1. The smallest absolute Gasteiger partial charge is 0.318 e. The molecule has 0 saturated carbocycles. The molecule has 0 heterocycles. The molecule has 0 atom stereocenters. The molecule has 0 fully saturated rings. The van der Waals surface area contributed by atoms with Gasteiger partial charge in [0.05, 0.1) is 11.4 Å². The second-order valence-corrected chi connectivity index (χ2v) is 6.12. The Morgan fingerprint density at radius 2 is 2.16 bits per heavy atom. The van der Waals surface area contributed by atoms with Gasteiger partial charge in [0, 0.05) is 5.02 Å². The number of aliphatic carboxylic acids is 1. The number of rotatable bonds is 5. The summed E-state index contributed by atoms with van der Waals surface area (Å²) in [4.78, 5) is 10.7. The Bertz CT molecular complexity index is 634. The van der Waals surface area contributed by atoms with Crippen LogP contribution in [0.5, 0.6) is 0 Å². The summed E-state index contributed by atoms with van der Waals surface area (Å²) < 4.78 is 25.4. The molecule has 1 aromatic rings. The minimum absolute atomic E-state index is 0.0449. The van der Waals surface area contributed by atoms with Gasteiger partial charge in [-0.05, 0) is 24.6 Å². The van der Waals surface area contributed by atoms with E-state index in [1.165, 1.54) is 6.07 Å². The molecular formula is C12H12ClNO4S. The predicted octanol–water partition coefficient (Wildman–Crippen LogP) is 1.36. The van der Waals surface area contributed by atoms with E-state index in [2.05, 4.69) is 5.92 Å². The zero-order valence-corrected chi connectivity index (χ0v) is 11.7. The first-order chi connectivity index (χ1) is 8.78. The van der Waals surface area contributed by atoms with Crippen molar-refractivity contribution in [2.75, 3.05) is 13.1 Å².